The molecule has 2 aromatic heterocycles. The van der Waals surface area contributed by atoms with Crippen molar-refractivity contribution < 1.29 is 13.9 Å². The van der Waals surface area contributed by atoms with Gasteiger partial charge in [-0.15, -0.1) is 0 Å². The van der Waals surface area contributed by atoms with Crippen LogP contribution in [0.4, 0.5) is 22.0 Å². The van der Waals surface area contributed by atoms with Crippen molar-refractivity contribution in [1.29, 1.82) is 0 Å². The number of halogens is 1. The number of nitrogens with one attached hydrogen (secondary N) is 1. The van der Waals surface area contributed by atoms with Crippen LogP contribution in [0, 0.1) is 19.7 Å². The number of anilines is 3. The predicted octanol–water partition coefficient (Wildman–Crippen LogP) is 3.86. The van der Waals surface area contributed by atoms with Gasteiger partial charge in [-0.1, -0.05) is 11.6 Å². The summed E-state index contributed by atoms with van der Waals surface area (Å²) in [4.78, 5) is 29.3. The van der Waals surface area contributed by atoms with Crippen LogP contribution in [0.3, 0.4) is 0 Å². The highest BCUT2D eigenvalue weighted by molar-refractivity contribution is 5.95. The third-order valence-corrected chi connectivity index (χ3v) is 4.51. The van der Waals surface area contributed by atoms with E-state index in [2.05, 4.69) is 25.3 Å². The van der Waals surface area contributed by atoms with Gasteiger partial charge in [0.1, 0.15) is 5.82 Å². The maximum atomic E-state index is 13.1. The lowest BCUT2D eigenvalue weighted by Gasteiger charge is -2.10. The number of nitrogens with two attached hydrogens (primary N) is 1. The Labute approximate surface area is 177 Å². The Kier molecular flexibility index (Phi) is 5.40. The molecule has 0 saturated carbocycles. The number of benzene rings is 2. The molecule has 0 atom stereocenters. The lowest BCUT2D eigenvalue weighted by Crippen LogP contribution is -2.12. The van der Waals surface area contributed by atoms with Gasteiger partial charge in [0, 0.05) is 11.1 Å². The minimum atomic E-state index is -0.541. The van der Waals surface area contributed by atoms with E-state index in [0.717, 1.165) is 16.5 Å². The first-order valence-electron chi connectivity index (χ1n) is 9.45. The molecule has 0 aliphatic carbocycles. The molecule has 31 heavy (non-hydrogen) atoms. The second-order valence-corrected chi connectivity index (χ2v) is 6.96. The minimum Gasteiger partial charge on any atom is -0.454 e. The Morgan fingerprint density at radius 3 is 2.58 bits per heavy atom. The summed E-state index contributed by atoms with van der Waals surface area (Å²) in [6.45, 7) is 3.52. The van der Waals surface area contributed by atoms with Crippen molar-refractivity contribution in [1.82, 2.24) is 19.9 Å². The number of hydrogen-bond donors (Lipinski definition) is 2. The molecule has 4 rings (SSSR count). The average Bonchev–Trinajstić information content (AvgIpc) is 2.73. The molecule has 3 N–H and O–H groups in total. The molecule has 8 nitrogen and oxygen atoms in total. The maximum absolute atomic E-state index is 13.1. The van der Waals surface area contributed by atoms with E-state index in [4.69, 9.17) is 10.5 Å². The van der Waals surface area contributed by atoms with Gasteiger partial charge >= 0.3 is 5.97 Å². The fourth-order valence-electron chi connectivity index (χ4n) is 3.03. The van der Waals surface area contributed by atoms with Crippen molar-refractivity contribution in [3.63, 3.8) is 0 Å². The highest BCUT2D eigenvalue weighted by atomic mass is 19.1. The number of carbonyl (C=O) groups is 1. The fourth-order valence-corrected chi connectivity index (χ4v) is 3.03. The third kappa shape index (κ3) is 4.72. The van der Waals surface area contributed by atoms with Crippen LogP contribution < -0.4 is 11.1 Å². The second-order valence-electron chi connectivity index (χ2n) is 6.96. The number of esters is 1. The Bertz CT molecular complexity index is 1280. The SMILES string of the molecule is Cc1ccc2nc(C)c(C(=O)OCc3nc(N)nc(Nc4ccc(F)cc4)n3)cc2c1. The zero-order chi connectivity index (χ0) is 22.0. The Hall–Kier alpha value is -4.14. The van der Waals surface area contributed by atoms with E-state index in [9.17, 15) is 9.18 Å². The molecule has 0 unspecified atom stereocenters. The molecule has 0 aliphatic heterocycles. The summed E-state index contributed by atoms with van der Waals surface area (Å²) in [6.07, 6.45) is 0. The van der Waals surface area contributed by atoms with Crippen molar-refractivity contribution in [3.05, 3.63) is 77.0 Å². The van der Waals surface area contributed by atoms with Gasteiger partial charge in [-0.05, 0) is 56.3 Å². The summed E-state index contributed by atoms with van der Waals surface area (Å²) in [7, 11) is 0. The van der Waals surface area contributed by atoms with Crippen molar-refractivity contribution in [3.8, 4) is 0 Å². The number of ether oxygens (including phenoxy) is 1. The van der Waals surface area contributed by atoms with Gasteiger partial charge in [-0.25, -0.2) is 9.18 Å². The average molecular weight is 418 g/mol. The minimum absolute atomic E-state index is 0.0373. The lowest BCUT2D eigenvalue weighted by molar-refractivity contribution is 0.0461. The zero-order valence-electron chi connectivity index (χ0n) is 16.9. The molecular formula is C22H19FN6O2. The number of hydrogen-bond acceptors (Lipinski definition) is 8. The summed E-state index contributed by atoms with van der Waals surface area (Å²) in [5.74, 6) is -0.607. The van der Waals surface area contributed by atoms with E-state index in [1.807, 2.05) is 25.1 Å². The van der Waals surface area contributed by atoms with Crippen molar-refractivity contribution in [2.45, 2.75) is 20.5 Å². The number of nitrogens with zero attached hydrogens (tertiary/aromatic N) is 4. The molecule has 0 bridgehead atoms. The topological polar surface area (TPSA) is 116 Å². The lowest BCUT2D eigenvalue weighted by atomic mass is 10.1. The van der Waals surface area contributed by atoms with Gasteiger partial charge in [0.05, 0.1) is 16.8 Å². The molecule has 0 amide bonds. The molecule has 2 aromatic carbocycles. The molecular weight excluding hydrogens is 399 g/mol. The monoisotopic (exact) mass is 418 g/mol. The number of rotatable bonds is 5. The summed E-state index contributed by atoms with van der Waals surface area (Å²) >= 11 is 0. The molecule has 0 fully saturated rings. The number of nitrogen functional groups attached to an aromatic ring is 1. The summed E-state index contributed by atoms with van der Waals surface area (Å²) in [5, 5.41) is 3.76. The van der Waals surface area contributed by atoms with E-state index in [0.29, 0.717) is 16.9 Å². The molecule has 0 aliphatic rings. The van der Waals surface area contributed by atoms with E-state index < -0.39 is 5.97 Å². The van der Waals surface area contributed by atoms with Gasteiger partial charge in [0.15, 0.2) is 12.4 Å². The predicted molar refractivity (Wildman–Crippen MR) is 114 cm³/mol. The van der Waals surface area contributed by atoms with Crippen LogP contribution in [0.2, 0.25) is 0 Å². The molecule has 0 radical (unpaired) electrons. The largest absolute Gasteiger partial charge is 0.454 e. The van der Waals surface area contributed by atoms with Crippen LogP contribution in [-0.2, 0) is 11.3 Å². The Morgan fingerprint density at radius 1 is 1.03 bits per heavy atom. The number of pyridine rings is 1. The van der Waals surface area contributed by atoms with Crippen LogP contribution in [0.5, 0.6) is 0 Å². The molecule has 4 aromatic rings. The van der Waals surface area contributed by atoms with E-state index in [-0.39, 0.29) is 30.1 Å². The van der Waals surface area contributed by atoms with E-state index >= 15 is 0 Å². The van der Waals surface area contributed by atoms with Crippen LogP contribution in [0.1, 0.15) is 27.4 Å². The summed E-state index contributed by atoms with van der Waals surface area (Å²) in [5.41, 5.74) is 9.12. The third-order valence-electron chi connectivity index (χ3n) is 4.51. The van der Waals surface area contributed by atoms with Gasteiger partial charge in [0.2, 0.25) is 11.9 Å². The Balaban J connectivity index is 1.50. The van der Waals surface area contributed by atoms with E-state index in [1.165, 1.54) is 24.3 Å². The van der Waals surface area contributed by atoms with Crippen LogP contribution in [0.15, 0.2) is 48.5 Å². The number of aryl methyl sites for hydroxylation is 2. The molecule has 0 spiro atoms. The number of fused-ring (bicyclic) bond motifs is 1. The summed E-state index contributed by atoms with van der Waals surface area (Å²) < 4.78 is 18.4. The maximum Gasteiger partial charge on any atom is 0.340 e. The Morgan fingerprint density at radius 2 is 1.81 bits per heavy atom. The highest BCUT2D eigenvalue weighted by Gasteiger charge is 2.15. The van der Waals surface area contributed by atoms with Crippen molar-refractivity contribution >= 4 is 34.5 Å². The van der Waals surface area contributed by atoms with Crippen LogP contribution in [-0.4, -0.2) is 25.9 Å². The number of carbonyl (C=O) groups excluding carboxylic acids is 1. The van der Waals surface area contributed by atoms with Gasteiger partial charge in [0.25, 0.3) is 0 Å². The highest BCUT2D eigenvalue weighted by Crippen LogP contribution is 2.19. The van der Waals surface area contributed by atoms with Gasteiger partial charge < -0.3 is 15.8 Å². The second kappa shape index (κ2) is 8.31. The quantitative estimate of drug-likeness (QED) is 0.470. The van der Waals surface area contributed by atoms with Gasteiger partial charge in [-0.2, -0.15) is 15.0 Å². The standard InChI is InChI=1S/C22H19FN6O2/c1-12-3-8-18-14(9-12)10-17(13(2)25-18)20(30)31-11-19-27-21(24)29-22(28-19)26-16-6-4-15(23)5-7-16/h3-10H,11H2,1-2H3,(H3,24,26,27,28,29). The van der Waals surface area contributed by atoms with Crippen LogP contribution >= 0.6 is 0 Å². The molecule has 156 valence electrons. The van der Waals surface area contributed by atoms with Crippen molar-refractivity contribution in [2.75, 3.05) is 11.1 Å². The van der Waals surface area contributed by atoms with E-state index in [1.54, 1.807) is 13.0 Å². The van der Waals surface area contributed by atoms with Gasteiger partial charge in [-0.3, -0.25) is 4.98 Å². The molecule has 9 heteroatoms. The smallest absolute Gasteiger partial charge is 0.340 e. The first-order chi connectivity index (χ1) is 14.9. The number of aromatic nitrogens is 4. The normalized spacial score (nSPS) is 10.8. The first-order valence-corrected chi connectivity index (χ1v) is 9.45. The summed E-state index contributed by atoms with van der Waals surface area (Å²) in [6, 6.07) is 13.3. The van der Waals surface area contributed by atoms with Crippen molar-refractivity contribution in [2.24, 2.45) is 0 Å². The first kappa shape index (κ1) is 20.1. The molecule has 2 heterocycles. The van der Waals surface area contributed by atoms with Crippen LogP contribution in [0.25, 0.3) is 10.9 Å². The zero-order valence-corrected chi connectivity index (χ0v) is 16.9. The molecule has 0 saturated heterocycles. The fraction of sp³-hybridized carbons (Fsp3) is 0.136.